The molecule has 0 aromatic carbocycles. The Labute approximate surface area is 107 Å². The molecule has 1 aromatic rings. The maximum Gasteiger partial charge on any atom is 0.115 e. The molecule has 0 fully saturated rings. The van der Waals surface area contributed by atoms with Crippen LogP contribution in [-0.2, 0) is 5.41 Å². The van der Waals surface area contributed by atoms with Crippen molar-refractivity contribution in [2.45, 2.75) is 52.6 Å². The molecule has 94 valence electrons. The van der Waals surface area contributed by atoms with Crippen molar-refractivity contribution in [3.05, 3.63) is 16.1 Å². The van der Waals surface area contributed by atoms with Crippen molar-refractivity contribution in [3.8, 4) is 6.07 Å². The third-order valence-electron chi connectivity index (χ3n) is 3.04. The van der Waals surface area contributed by atoms with E-state index in [4.69, 9.17) is 5.26 Å². The molecule has 0 saturated heterocycles. The zero-order chi connectivity index (χ0) is 13.3. The Morgan fingerprint density at radius 3 is 2.41 bits per heavy atom. The van der Waals surface area contributed by atoms with Crippen molar-refractivity contribution < 1.29 is 5.11 Å². The summed E-state index contributed by atoms with van der Waals surface area (Å²) >= 11 is 1.54. The lowest BCUT2D eigenvalue weighted by molar-refractivity contribution is 0.0687. The van der Waals surface area contributed by atoms with E-state index < -0.39 is 11.5 Å². The zero-order valence-corrected chi connectivity index (χ0v) is 11.9. The van der Waals surface area contributed by atoms with Gasteiger partial charge in [-0.15, -0.1) is 11.3 Å². The lowest BCUT2D eigenvalue weighted by Crippen LogP contribution is -2.23. The number of rotatable bonds is 3. The Morgan fingerprint density at radius 1 is 1.47 bits per heavy atom. The summed E-state index contributed by atoms with van der Waals surface area (Å²) in [5.74, 6) is 0. The van der Waals surface area contributed by atoms with E-state index >= 15 is 0 Å². The predicted octanol–water partition coefficient (Wildman–Crippen LogP) is 3.41. The van der Waals surface area contributed by atoms with Gasteiger partial charge in [0.1, 0.15) is 6.10 Å². The monoisotopic (exact) mass is 252 g/mol. The number of nitrogens with zero attached hydrogens (tertiary/aromatic N) is 2. The van der Waals surface area contributed by atoms with E-state index in [1.807, 2.05) is 12.3 Å². The first-order valence-electron chi connectivity index (χ1n) is 5.80. The summed E-state index contributed by atoms with van der Waals surface area (Å²) in [6.07, 6.45) is -0.211. The molecule has 0 aliphatic rings. The van der Waals surface area contributed by atoms with Gasteiger partial charge in [-0.3, -0.25) is 0 Å². The van der Waals surface area contributed by atoms with E-state index in [9.17, 15) is 5.11 Å². The van der Waals surface area contributed by atoms with Gasteiger partial charge in [0.25, 0.3) is 0 Å². The van der Waals surface area contributed by atoms with Gasteiger partial charge in [0.2, 0.25) is 0 Å². The van der Waals surface area contributed by atoms with E-state index in [0.717, 1.165) is 5.01 Å². The van der Waals surface area contributed by atoms with Crippen molar-refractivity contribution in [1.82, 2.24) is 4.98 Å². The molecule has 1 aromatic heterocycles. The minimum Gasteiger partial charge on any atom is -0.385 e. The van der Waals surface area contributed by atoms with Crippen LogP contribution < -0.4 is 0 Å². The van der Waals surface area contributed by atoms with Crippen LogP contribution in [0, 0.1) is 16.7 Å². The van der Waals surface area contributed by atoms with Gasteiger partial charge in [-0.1, -0.05) is 27.7 Å². The van der Waals surface area contributed by atoms with Crippen molar-refractivity contribution in [2.24, 2.45) is 5.41 Å². The van der Waals surface area contributed by atoms with E-state index in [-0.39, 0.29) is 5.41 Å². The molecule has 1 heterocycles. The maximum atomic E-state index is 10.2. The first-order chi connectivity index (χ1) is 7.74. The van der Waals surface area contributed by atoms with Gasteiger partial charge in [0, 0.05) is 10.8 Å². The zero-order valence-electron chi connectivity index (χ0n) is 11.1. The summed E-state index contributed by atoms with van der Waals surface area (Å²) in [5.41, 5.74) is -0.160. The fourth-order valence-electron chi connectivity index (χ4n) is 1.42. The Hall–Kier alpha value is -0.920. The quantitative estimate of drug-likeness (QED) is 0.896. The fraction of sp³-hybridized carbons (Fsp3) is 0.692. The van der Waals surface area contributed by atoms with Crippen LogP contribution in [0.5, 0.6) is 0 Å². The lowest BCUT2D eigenvalue weighted by Gasteiger charge is -2.24. The number of hydrogen-bond acceptors (Lipinski definition) is 4. The molecule has 0 aliphatic carbocycles. The van der Waals surface area contributed by atoms with Crippen LogP contribution in [0.15, 0.2) is 5.38 Å². The normalized spacial score (nSPS) is 17.2. The Kier molecular flexibility index (Phi) is 3.95. The molecule has 0 aliphatic heterocycles. The van der Waals surface area contributed by atoms with Crippen LogP contribution in [0.25, 0.3) is 0 Å². The molecule has 0 bridgehead atoms. The highest BCUT2D eigenvalue weighted by atomic mass is 32.1. The molecule has 4 heteroatoms. The highest BCUT2D eigenvalue weighted by Gasteiger charge is 2.34. The summed E-state index contributed by atoms with van der Waals surface area (Å²) in [6.45, 7) is 9.94. The highest BCUT2D eigenvalue weighted by Crippen LogP contribution is 2.37. The summed E-state index contributed by atoms with van der Waals surface area (Å²) < 4.78 is 0. The van der Waals surface area contributed by atoms with Crippen LogP contribution in [-0.4, -0.2) is 10.1 Å². The molecule has 1 N–H and O–H groups in total. The van der Waals surface area contributed by atoms with Gasteiger partial charge < -0.3 is 5.11 Å². The van der Waals surface area contributed by atoms with Gasteiger partial charge >= 0.3 is 0 Å². The third kappa shape index (κ3) is 2.85. The number of aliphatic hydroxyl groups excluding tert-OH is 1. The summed E-state index contributed by atoms with van der Waals surface area (Å²) in [5, 5.41) is 22.2. The highest BCUT2D eigenvalue weighted by molar-refractivity contribution is 7.09. The summed E-state index contributed by atoms with van der Waals surface area (Å²) in [4.78, 5) is 4.46. The molecule has 0 spiro atoms. The SMILES string of the molecule is CCC(C)(C#N)C(O)c1csc(C(C)(C)C)n1. The molecule has 1 rings (SSSR count). The number of nitriles is 1. The van der Waals surface area contributed by atoms with Gasteiger partial charge in [0.05, 0.1) is 22.2 Å². The molecule has 17 heavy (non-hydrogen) atoms. The van der Waals surface area contributed by atoms with E-state index in [2.05, 4.69) is 31.8 Å². The Bertz CT molecular complexity index is 427. The number of aromatic nitrogens is 1. The molecular formula is C13H20N2OS. The third-order valence-corrected chi connectivity index (χ3v) is 4.32. The van der Waals surface area contributed by atoms with Crippen molar-refractivity contribution in [1.29, 1.82) is 5.26 Å². The first kappa shape index (κ1) is 14.1. The standard InChI is InChI=1S/C13H20N2OS/c1-6-13(5,8-14)10(16)9-7-17-11(15-9)12(2,3)4/h7,10,16H,6H2,1-5H3. The minimum atomic E-state index is -0.815. The summed E-state index contributed by atoms with van der Waals surface area (Å²) in [7, 11) is 0. The number of hydrogen-bond donors (Lipinski definition) is 1. The number of thiazole rings is 1. The Balaban J connectivity index is 3.03. The van der Waals surface area contributed by atoms with Crippen LogP contribution in [0.2, 0.25) is 0 Å². The second kappa shape index (κ2) is 4.75. The molecule has 0 amide bonds. The first-order valence-corrected chi connectivity index (χ1v) is 6.68. The van der Waals surface area contributed by atoms with E-state index in [1.165, 1.54) is 0 Å². The van der Waals surface area contributed by atoms with Gasteiger partial charge in [-0.25, -0.2) is 4.98 Å². The van der Waals surface area contributed by atoms with Crippen molar-refractivity contribution in [2.75, 3.05) is 0 Å². The molecule has 2 unspecified atom stereocenters. The van der Waals surface area contributed by atoms with Gasteiger partial charge in [-0.2, -0.15) is 5.26 Å². The van der Waals surface area contributed by atoms with E-state index in [0.29, 0.717) is 12.1 Å². The smallest absolute Gasteiger partial charge is 0.115 e. The number of aliphatic hydroxyl groups is 1. The van der Waals surface area contributed by atoms with Crippen molar-refractivity contribution in [3.63, 3.8) is 0 Å². The van der Waals surface area contributed by atoms with Crippen molar-refractivity contribution >= 4 is 11.3 Å². The van der Waals surface area contributed by atoms with Crippen LogP contribution >= 0.6 is 11.3 Å². The molecule has 0 saturated carbocycles. The molecule has 0 radical (unpaired) electrons. The average molecular weight is 252 g/mol. The second-order valence-corrected chi connectivity index (χ2v) is 6.47. The fourth-order valence-corrected chi connectivity index (χ4v) is 2.34. The maximum absolute atomic E-state index is 10.2. The molecule has 3 nitrogen and oxygen atoms in total. The largest absolute Gasteiger partial charge is 0.385 e. The Morgan fingerprint density at radius 2 is 2.06 bits per heavy atom. The average Bonchev–Trinajstić information content (AvgIpc) is 2.75. The minimum absolute atomic E-state index is 0.0160. The van der Waals surface area contributed by atoms with E-state index in [1.54, 1.807) is 18.3 Å². The lowest BCUT2D eigenvalue weighted by atomic mass is 9.82. The van der Waals surface area contributed by atoms with Gasteiger partial charge in [-0.05, 0) is 13.3 Å². The topological polar surface area (TPSA) is 56.9 Å². The predicted molar refractivity (Wildman–Crippen MR) is 69.8 cm³/mol. The van der Waals surface area contributed by atoms with Crippen LogP contribution in [0.4, 0.5) is 0 Å². The molecule has 2 atom stereocenters. The second-order valence-electron chi connectivity index (χ2n) is 5.61. The molecular weight excluding hydrogens is 232 g/mol. The van der Waals surface area contributed by atoms with Crippen LogP contribution in [0.1, 0.15) is 57.8 Å². The van der Waals surface area contributed by atoms with Crippen LogP contribution in [0.3, 0.4) is 0 Å². The van der Waals surface area contributed by atoms with Gasteiger partial charge in [0.15, 0.2) is 0 Å². The summed E-state index contributed by atoms with van der Waals surface area (Å²) in [6, 6.07) is 2.19.